The Hall–Kier alpha value is -1.83. The number of alkyl halides is 1. The van der Waals surface area contributed by atoms with Crippen molar-refractivity contribution in [2.75, 3.05) is 5.88 Å². The van der Waals surface area contributed by atoms with E-state index in [2.05, 4.69) is 27.0 Å². The molecular formula is C16H11BrClN3. The van der Waals surface area contributed by atoms with Gasteiger partial charge in [-0.2, -0.15) is 5.26 Å². The molecule has 0 N–H and O–H groups in total. The Bertz CT molecular complexity index is 848. The molecule has 21 heavy (non-hydrogen) atoms. The fourth-order valence-corrected chi connectivity index (χ4v) is 2.90. The van der Waals surface area contributed by atoms with Gasteiger partial charge in [0.1, 0.15) is 11.9 Å². The second kappa shape index (κ2) is 5.88. The van der Waals surface area contributed by atoms with Gasteiger partial charge in [0.2, 0.25) is 0 Å². The lowest BCUT2D eigenvalue weighted by Gasteiger charge is -2.10. The topological polar surface area (TPSA) is 41.6 Å². The molecule has 1 heterocycles. The SMILES string of the molecule is N#Cc1ccccc1-n1c(CCCl)nc2ccc(Br)cc21. The first-order valence-electron chi connectivity index (χ1n) is 6.47. The van der Waals surface area contributed by atoms with Crippen LogP contribution >= 0.6 is 27.5 Å². The lowest BCUT2D eigenvalue weighted by Crippen LogP contribution is -2.04. The summed E-state index contributed by atoms with van der Waals surface area (Å²) in [6, 6.07) is 15.7. The number of para-hydroxylation sites is 1. The number of aryl methyl sites for hydroxylation is 1. The van der Waals surface area contributed by atoms with Crippen molar-refractivity contribution in [2.45, 2.75) is 6.42 Å². The molecule has 0 aliphatic rings. The second-order valence-corrected chi connectivity index (χ2v) is 5.86. The highest BCUT2D eigenvalue weighted by Gasteiger charge is 2.14. The second-order valence-electron chi connectivity index (χ2n) is 4.56. The van der Waals surface area contributed by atoms with Gasteiger partial charge in [0.05, 0.1) is 22.3 Å². The number of hydrogen-bond donors (Lipinski definition) is 0. The van der Waals surface area contributed by atoms with Crippen molar-refractivity contribution in [3.8, 4) is 11.8 Å². The molecule has 0 atom stereocenters. The smallest absolute Gasteiger partial charge is 0.115 e. The molecule has 0 unspecified atom stereocenters. The molecule has 0 saturated carbocycles. The van der Waals surface area contributed by atoms with Gasteiger partial charge < -0.3 is 0 Å². The van der Waals surface area contributed by atoms with Crippen LogP contribution < -0.4 is 0 Å². The minimum absolute atomic E-state index is 0.485. The summed E-state index contributed by atoms with van der Waals surface area (Å²) in [5, 5.41) is 9.35. The monoisotopic (exact) mass is 359 g/mol. The lowest BCUT2D eigenvalue weighted by atomic mass is 10.2. The third kappa shape index (κ3) is 2.55. The van der Waals surface area contributed by atoms with Crippen LogP contribution in [0.3, 0.4) is 0 Å². The molecule has 0 radical (unpaired) electrons. The third-order valence-electron chi connectivity index (χ3n) is 3.27. The van der Waals surface area contributed by atoms with Gasteiger partial charge in [-0.05, 0) is 30.3 Å². The van der Waals surface area contributed by atoms with Crippen LogP contribution in [0.4, 0.5) is 0 Å². The highest BCUT2D eigenvalue weighted by molar-refractivity contribution is 9.10. The molecule has 5 heteroatoms. The van der Waals surface area contributed by atoms with E-state index in [1.54, 1.807) is 0 Å². The summed E-state index contributed by atoms with van der Waals surface area (Å²) < 4.78 is 2.99. The zero-order valence-corrected chi connectivity index (χ0v) is 13.4. The van der Waals surface area contributed by atoms with E-state index in [1.807, 2.05) is 47.0 Å². The number of hydrogen-bond acceptors (Lipinski definition) is 2. The minimum Gasteiger partial charge on any atom is -0.295 e. The number of halogens is 2. The van der Waals surface area contributed by atoms with Gasteiger partial charge in [0.15, 0.2) is 0 Å². The maximum atomic E-state index is 9.35. The van der Waals surface area contributed by atoms with Crippen molar-refractivity contribution in [3.05, 3.63) is 58.3 Å². The average Bonchev–Trinajstić information content (AvgIpc) is 2.84. The standard InChI is InChI=1S/C16H11BrClN3/c17-12-5-6-13-15(9-12)21(16(20-13)7-8-18)14-4-2-1-3-11(14)10-19/h1-6,9H,7-8H2. The van der Waals surface area contributed by atoms with E-state index in [0.29, 0.717) is 17.9 Å². The fourth-order valence-electron chi connectivity index (χ4n) is 2.38. The molecular weight excluding hydrogens is 350 g/mol. The fraction of sp³-hybridized carbons (Fsp3) is 0.125. The molecule has 0 saturated heterocycles. The van der Waals surface area contributed by atoms with Crippen molar-refractivity contribution in [1.29, 1.82) is 5.26 Å². The first-order chi connectivity index (χ1) is 10.2. The Morgan fingerprint density at radius 1 is 1.24 bits per heavy atom. The Morgan fingerprint density at radius 2 is 2.05 bits per heavy atom. The number of benzene rings is 2. The Morgan fingerprint density at radius 3 is 2.81 bits per heavy atom. The number of rotatable bonds is 3. The van der Waals surface area contributed by atoms with Crippen LogP contribution in [-0.4, -0.2) is 15.4 Å². The number of fused-ring (bicyclic) bond motifs is 1. The summed E-state index contributed by atoms with van der Waals surface area (Å²) in [6.07, 6.45) is 0.646. The van der Waals surface area contributed by atoms with Gasteiger partial charge in [-0.1, -0.05) is 28.1 Å². The molecule has 2 aromatic carbocycles. The molecule has 0 aliphatic heterocycles. The predicted molar refractivity (Wildman–Crippen MR) is 87.9 cm³/mol. The van der Waals surface area contributed by atoms with Gasteiger partial charge >= 0.3 is 0 Å². The molecule has 0 bridgehead atoms. The van der Waals surface area contributed by atoms with Crippen LogP contribution in [0.2, 0.25) is 0 Å². The van der Waals surface area contributed by atoms with Crippen molar-refractivity contribution < 1.29 is 0 Å². The van der Waals surface area contributed by atoms with Crippen LogP contribution in [-0.2, 0) is 6.42 Å². The zero-order valence-electron chi connectivity index (χ0n) is 11.1. The van der Waals surface area contributed by atoms with Gasteiger partial charge in [-0.3, -0.25) is 4.57 Å². The Balaban J connectivity index is 2.36. The van der Waals surface area contributed by atoms with Crippen LogP contribution in [0.15, 0.2) is 46.9 Å². The third-order valence-corrected chi connectivity index (χ3v) is 3.95. The molecule has 0 amide bonds. The van der Waals surface area contributed by atoms with Crippen molar-refractivity contribution in [3.63, 3.8) is 0 Å². The van der Waals surface area contributed by atoms with E-state index >= 15 is 0 Å². The first-order valence-corrected chi connectivity index (χ1v) is 7.79. The average molecular weight is 361 g/mol. The summed E-state index contributed by atoms with van der Waals surface area (Å²) in [5.41, 5.74) is 3.31. The van der Waals surface area contributed by atoms with E-state index in [1.165, 1.54) is 0 Å². The van der Waals surface area contributed by atoms with Gasteiger partial charge in [-0.15, -0.1) is 11.6 Å². The van der Waals surface area contributed by atoms with Crippen LogP contribution in [0.1, 0.15) is 11.4 Å². The van der Waals surface area contributed by atoms with Crippen molar-refractivity contribution in [1.82, 2.24) is 9.55 Å². The molecule has 3 nitrogen and oxygen atoms in total. The quantitative estimate of drug-likeness (QED) is 0.648. The highest BCUT2D eigenvalue weighted by Crippen LogP contribution is 2.26. The largest absolute Gasteiger partial charge is 0.295 e. The summed E-state index contributed by atoms with van der Waals surface area (Å²) in [6.45, 7) is 0. The molecule has 0 spiro atoms. The molecule has 0 aliphatic carbocycles. The van der Waals surface area contributed by atoms with Crippen LogP contribution in [0.5, 0.6) is 0 Å². The Labute approximate surface area is 135 Å². The van der Waals surface area contributed by atoms with Crippen LogP contribution in [0.25, 0.3) is 16.7 Å². The van der Waals surface area contributed by atoms with E-state index in [0.717, 1.165) is 27.0 Å². The maximum Gasteiger partial charge on any atom is 0.115 e. The maximum absolute atomic E-state index is 9.35. The van der Waals surface area contributed by atoms with E-state index in [9.17, 15) is 5.26 Å². The van der Waals surface area contributed by atoms with Gasteiger partial charge in [-0.25, -0.2) is 4.98 Å². The molecule has 3 rings (SSSR count). The normalized spacial score (nSPS) is 10.7. The number of aromatic nitrogens is 2. The number of nitriles is 1. The zero-order chi connectivity index (χ0) is 14.8. The lowest BCUT2D eigenvalue weighted by molar-refractivity contribution is 0.910. The minimum atomic E-state index is 0.485. The van der Waals surface area contributed by atoms with E-state index in [4.69, 9.17) is 11.6 Å². The summed E-state index contributed by atoms with van der Waals surface area (Å²) in [7, 11) is 0. The summed E-state index contributed by atoms with van der Waals surface area (Å²) in [5.74, 6) is 1.35. The van der Waals surface area contributed by atoms with E-state index < -0.39 is 0 Å². The molecule has 1 aromatic heterocycles. The molecule has 0 fully saturated rings. The van der Waals surface area contributed by atoms with Gasteiger partial charge in [0, 0.05) is 16.8 Å². The van der Waals surface area contributed by atoms with Gasteiger partial charge in [0.25, 0.3) is 0 Å². The molecule has 104 valence electrons. The first kappa shape index (κ1) is 14.1. The summed E-state index contributed by atoms with van der Waals surface area (Å²) in [4.78, 5) is 4.64. The number of nitrogens with zero attached hydrogens (tertiary/aromatic N) is 3. The van der Waals surface area contributed by atoms with Crippen molar-refractivity contribution >= 4 is 38.6 Å². The van der Waals surface area contributed by atoms with E-state index in [-0.39, 0.29) is 0 Å². The predicted octanol–water partition coefficient (Wildman–Crippen LogP) is 4.44. The Kier molecular flexibility index (Phi) is 3.96. The molecule has 3 aromatic rings. The van der Waals surface area contributed by atoms with Crippen molar-refractivity contribution in [2.24, 2.45) is 0 Å². The highest BCUT2D eigenvalue weighted by atomic mass is 79.9. The van der Waals surface area contributed by atoms with Crippen LogP contribution in [0, 0.1) is 11.3 Å². The summed E-state index contributed by atoms with van der Waals surface area (Å²) >= 11 is 9.39. The number of imidazole rings is 1.